The molecule has 7 heteroatoms. The van der Waals surface area contributed by atoms with Crippen molar-refractivity contribution in [2.75, 3.05) is 13.6 Å². The fourth-order valence-corrected chi connectivity index (χ4v) is 4.62. The molecule has 0 aromatic carbocycles. The van der Waals surface area contributed by atoms with Gasteiger partial charge in [-0.1, -0.05) is 0 Å². The lowest BCUT2D eigenvalue weighted by atomic mass is 10.2. The molecule has 0 bridgehead atoms. The molecule has 1 unspecified atom stereocenters. The predicted octanol–water partition coefficient (Wildman–Crippen LogP) is 0.809. The van der Waals surface area contributed by atoms with Gasteiger partial charge >= 0.3 is 0 Å². The van der Waals surface area contributed by atoms with E-state index < -0.39 is 10.0 Å². The zero-order valence-corrected chi connectivity index (χ0v) is 11.6. The molecule has 0 radical (unpaired) electrons. The number of thiazole rings is 1. The Balaban J connectivity index is 2.25. The van der Waals surface area contributed by atoms with Crippen LogP contribution in [0.3, 0.4) is 0 Å². The highest BCUT2D eigenvalue weighted by molar-refractivity contribution is 7.91. The van der Waals surface area contributed by atoms with Gasteiger partial charge in [0.1, 0.15) is 0 Å². The molecule has 1 aromatic heterocycles. The fraction of sp³-hybridized carbons (Fsp3) is 0.700. The first-order valence-electron chi connectivity index (χ1n) is 5.57. The first kappa shape index (κ1) is 12.9. The van der Waals surface area contributed by atoms with Gasteiger partial charge in [-0.2, -0.15) is 4.31 Å². The highest BCUT2D eigenvalue weighted by Gasteiger charge is 2.38. The summed E-state index contributed by atoms with van der Waals surface area (Å²) in [6.07, 6.45) is 3.57. The van der Waals surface area contributed by atoms with Gasteiger partial charge in [-0.05, 0) is 25.7 Å². The minimum absolute atomic E-state index is 0.0811. The van der Waals surface area contributed by atoms with E-state index in [4.69, 9.17) is 5.73 Å². The number of aryl methyl sites for hydroxylation is 1. The van der Waals surface area contributed by atoms with Crippen LogP contribution in [0.5, 0.6) is 0 Å². The quantitative estimate of drug-likeness (QED) is 0.862. The Kier molecular flexibility index (Phi) is 3.53. The van der Waals surface area contributed by atoms with Crippen molar-refractivity contribution >= 4 is 21.4 Å². The highest BCUT2D eigenvalue weighted by atomic mass is 32.2. The zero-order chi connectivity index (χ0) is 12.6. The number of aromatic nitrogens is 1. The summed E-state index contributed by atoms with van der Waals surface area (Å²) in [4.78, 5) is 3.99. The van der Waals surface area contributed by atoms with E-state index in [0.29, 0.717) is 16.7 Å². The predicted molar refractivity (Wildman–Crippen MR) is 67.4 cm³/mol. The summed E-state index contributed by atoms with van der Waals surface area (Å²) >= 11 is 1.20. The van der Waals surface area contributed by atoms with Crippen molar-refractivity contribution in [3.63, 3.8) is 0 Å². The average Bonchev–Trinajstić information content (AvgIpc) is 3.01. The first-order chi connectivity index (χ1) is 7.96. The van der Waals surface area contributed by atoms with Crippen molar-refractivity contribution in [3.8, 4) is 0 Å². The molecule has 96 valence electrons. The molecule has 0 amide bonds. The number of rotatable bonds is 5. The molecule has 1 saturated carbocycles. The van der Waals surface area contributed by atoms with E-state index in [-0.39, 0.29) is 6.04 Å². The van der Waals surface area contributed by atoms with Crippen LogP contribution in [-0.4, -0.2) is 37.3 Å². The van der Waals surface area contributed by atoms with Gasteiger partial charge in [0.15, 0.2) is 4.21 Å². The number of nitrogens with zero attached hydrogens (tertiary/aromatic N) is 2. The summed E-state index contributed by atoms with van der Waals surface area (Å²) in [7, 11) is -1.81. The number of nitrogens with two attached hydrogens (primary N) is 1. The monoisotopic (exact) mass is 275 g/mol. The fourth-order valence-electron chi connectivity index (χ4n) is 1.90. The maximum Gasteiger partial charge on any atom is 0.254 e. The van der Waals surface area contributed by atoms with E-state index in [9.17, 15) is 8.42 Å². The van der Waals surface area contributed by atoms with Crippen molar-refractivity contribution in [1.82, 2.24) is 9.29 Å². The van der Waals surface area contributed by atoms with Crippen LogP contribution in [0.15, 0.2) is 10.4 Å². The lowest BCUT2D eigenvalue weighted by Gasteiger charge is -2.25. The van der Waals surface area contributed by atoms with E-state index in [1.165, 1.54) is 21.8 Å². The molecule has 1 aliphatic carbocycles. The van der Waals surface area contributed by atoms with E-state index in [1.54, 1.807) is 14.0 Å². The standard InChI is InChI=1S/C10H17N3O2S2/c1-7-12-6-10(16-7)17(14,15)13(2)9(5-11)8-3-4-8/h6,8-9H,3-5,11H2,1-2H3. The molecule has 0 saturated heterocycles. The molecule has 1 aromatic rings. The van der Waals surface area contributed by atoms with Crippen LogP contribution in [0.1, 0.15) is 17.8 Å². The topological polar surface area (TPSA) is 76.3 Å². The zero-order valence-electron chi connectivity index (χ0n) is 9.96. The van der Waals surface area contributed by atoms with Gasteiger partial charge in [-0.25, -0.2) is 13.4 Å². The average molecular weight is 275 g/mol. The molecular formula is C10H17N3O2S2. The van der Waals surface area contributed by atoms with E-state index in [1.807, 2.05) is 0 Å². The third kappa shape index (κ3) is 2.52. The maximum absolute atomic E-state index is 12.3. The second-order valence-corrected chi connectivity index (χ2v) is 7.82. The van der Waals surface area contributed by atoms with E-state index in [2.05, 4.69) is 4.98 Å². The Morgan fingerprint density at radius 1 is 1.65 bits per heavy atom. The summed E-state index contributed by atoms with van der Waals surface area (Å²) in [5.74, 6) is 0.425. The third-order valence-corrected chi connectivity index (χ3v) is 6.34. The van der Waals surface area contributed by atoms with Crippen molar-refractivity contribution in [2.45, 2.75) is 30.0 Å². The third-order valence-electron chi connectivity index (χ3n) is 3.11. The van der Waals surface area contributed by atoms with Gasteiger partial charge < -0.3 is 5.73 Å². The molecule has 2 N–H and O–H groups in total. The summed E-state index contributed by atoms with van der Waals surface area (Å²) in [5, 5.41) is 0.757. The van der Waals surface area contributed by atoms with Crippen LogP contribution < -0.4 is 5.73 Å². The van der Waals surface area contributed by atoms with Crippen LogP contribution in [0.2, 0.25) is 0 Å². The van der Waals surface area contributed by atoms with Gasteiger partial charge in [0.05, 0.1) is 11.2 Å². The summed E-state index contributed by atoms with van der Waals surface area (Å²) in [5.41, 5.74) is 5.68. The SMILES string of the molecule is Cc1ncc(S(=O)(=O)N(C)C(CN)C2CC2)s1. The smallest absolute Gasteiger partial charge is 0.254 e. The number of hydrogen-bond donors (Lipinski definition) is 1. The van der Waals surface area contributed by atoms with Crippen LogP contribution in [0.25, 0.3) is 0 Å². The molecule has 1 atom stereocenters. The van der Waals surface area contributed by atoms with Gasteiger partial charge in [0.25, 0.3) is 10.0 Å². The number of hydrogen-bond acceptors (Lipinski definition) is 5. The van der Waals surface area contributed by atoms with Gasteiger partial charge in [-0.3, -0.25) is 0 Å². The molecule has 2 rings (SSSR count). The van der Waals surface area contributed by atoms with Crippen LogP contribution in [-0.2, 0) is 10.0 Å². The van der Waals surface area contributed by atoms with Crippen molar-refractivity contribution in [2.24, 2.45) is 11.7 Å². The molecular weight excluding hydrogens is 258 g/mol. The Morgan fingerprint density at radius 3 is 2.71 bits per heavy atom. The van der Waals surface area contributed by atoms with Crippen LogP contribution >= 0.6 is 11.3 Å². The van der Waals surface area contributed by atoms with Gasteiger partial charge in [0.2, 0.25) is 0 Å². The maximum atomic E-state index is 12.3. The molecule has 1 heterocycles. The Bertz CT molecular complexity index is 493. The van der Waals surface area contributed by atoms with Crippen molar-refractivity contribution < 1.29 is 8.42 Å². The lowest BCUT2D eigenvalue weighted by Crippen LogP contribution is -2.42. The van der Waals surface area contributed by atoms with Crippen molar-refractivity contribution in [1.29, 1.82) is 0 Å². The summed E-state index contributed by atoms with van der Waals surface area (Å²) in [6.45, 7) is 2.17. The normalized spacial score (nSPS) is 18.6. The first-order valence-corrected chi connectivity index (χ1v) is 7.83. The minimum Gasteiger partial charge on any atom is -0.329 e. The largest absolute Gasteiger partial charge is 0.329 e. The Hall–Kier alpha value is -0.500. The second kappa shape index (κ2) is 4.64. The second-order valence-electron chi connectivity index (χ2n) is 4.36. The van der Waals surface area contributed by atoms with Crippen LogP contribution in [0.4, 0.5) is 0 Å². The Labute approximate surface area is 106 Å². The minimum atomic E-state index is -3.43. The Morgan fingerprint density at radius 2 is 2.29 bits per heavy atom. The van der Waals surface area contributed by atoms with Gasteiger partial charge in [-0.15, -0.1) is 11.3 Å². The molecule has 17 heavy (non-hydrogen) atoms. The highest BCUT2D eigenvalue weighted by Crippen LogP contribution is 2.36. The molecule has 1 aliphatic rings. The van der Waals surface area contributed by atoms with E-state index >= 15 is 0 Å². The molecule has 5 nitrogen and oxygen atoms in total. The molecule has 1 fully saturated rings. The number of sulfonamides is 1. The van der Waals surface area contributed by atoms with E-state index in [0.717, 1.165) is 17.8 Å². The number of likely N-dealkylation sites (N-methyl/N-ethyl adjacent to an activating group) is 1. The van der Waals surface area contributed by atoms with Gasteiger partial charge in [0, 0.05) is 19.6 Å². The summed E-state index contributed by atoms with van der Waals surface area (Å²) < 4.78 is 26.4. The molecule has 0 aliphatic heterocycles. The van der Waals surface area contributed by atoms with Crippen LogP contribution in [0, 0.1) is 12.8 Å². The summed E-state index contributed by atoms with van der Waals surface area (Å²) in [6, 6.07) is -0.0811. The lowest BCUT2D eigenvalue weighted by molar-refractivity contribution is 0.341. The van der Waals surface area contributed by atoms with Crippen molar-refractivity contribution in [3.05, 3.63) is 11.2 Å². The molecule has 0 spiro atoms.